The Balaban J connectivity index is 1.28. The lowest BCUT2D eigenvalue weighted by atomic mass is 10.0. The Morgan fingerprint density at radius 2 is 1.72 bits per heavy atom. The van der Waals surface area contributed by atoms with Gasteiger partial charge in [-0.25, -0.2) is 9.48 Å². The Labute approximate surface area is 256 Å². The highest BCUT2D eigenvalue weighted by atomic mass is 32.2. The molecule has 2 amide bonds. The number of nitrogens with one attached hydrogen (secondary N) is 1. The molecular formula is C31H26N6O4S2. The van der Waals surface area contributed by atoms with E-state index in [1.54, 1.807) is 18.6 Å². The first-order valence-electron chi connectivity index (χ1n) is 13.4. The zero-order valence-electron chi connectivity index (χ0n) is 22.7. The SMILES string of the molecule is O=C(Cn1ccnn1)NC1C(=O)N2C(C(=O)OC(c3ccccc3)c3ccccc3)=C(C=CSc3ccncc3)CS[C@H]12. The molecule has 1 unspecified atom stereocenters. The third kappa shape index (κ3) is 6.40. The van der Waals surface area contributed by atoms with E-state index >= 15 is 0 Å². The van der Waals surface area contributed by atoms with Crippen LogP contribution in [0.2, 0.25) is 0 Å². The fourth-order valence-electron chi connectivity index (χ4n) is 4.80. The second-order valence-electron chi connectivity index (χ2n) is 9.64. The number of allylic oxidation sites excluding steroid dienone is 1. The minimum absolute atomic E-state index is 0.0675. The number of rotatable bonds is 10. The van der Waals surface area contributed by atoms with Gasteiger partial charge in [-0.1, -0.05) is 77.6 Å². The lowest BCUT2D eigenvalue weighted by Gasteiger charge is -2.49. The van der Waals surface area contributed by atoms with Gasteiger partial charge in [-0.15, -0.1) is 16.9 Å². The highest BCUT2D eigenvalue weighted by Crippen LogP contribution is 2.42. The number of nitrogens with zero attached hydrogens (tertiary/aromatic N) is 5. The fourth-order valence-corrected chi connectivity index (χ4v) is 6.79. The van der Waals surface area contributed by atoms with Crippen LogP contribution in [-0.2, 0) is 25.7 Å². The monoisotopic (exact) mass is 610 g/mol. The van der Waals surface area contributed by atoms with Crippen LogP contribution < -0.4 is 5.32 Å². The Hall–Kier alpha value is -4.68. The van der Waals surface area contributed by atoms with E-state index in [9.17, 15) is 14.4 Å². The van der Waals surface area contributed by atoms with Crippen molar-refractivity contribution in [3.8, 4) is 0 Å². The van der Waals surface area contributed by atoms with E-state index < -0.39 is 23.5 Å². The number of β-lactam (4-membered cyclic amide) rings is 1. The molecule has 2 atom stereocenters. The number of thioether (sulfide) groups is 2. The highest BCUT2D eigenvalue weighted by molar-refractivity contribution is 8.02. The molecule has 1 saturated heterocycles. The zero-order valence-corrected chi connectivity index (χ0v) is 24.4. The Kier molecular flexibility index (Phi) is 8.66. The van der Waals surface area contributed by atoms with Gasteiger partial charge < -0.3 is 10.1 Å². The molecule has 0 spiro atoms. The molecule has 43 heavy (non-hydrogen) atoms. The van der Waals surface area contributed by atoms with Crippen LogP contribution in [0.4, 0.5) is 0 Å². The largest absolute Gasteiger partial charge is 0.448 e. The van der Waals surface area contributed by atoms with Crippen LogP contribution in [0, 0.1) is 0 Å². The maximum atomic E-state index is 14.0. The summed E-state index contributed by atoms with van der Waals surface area (Å²) in [5.74, 6) is -0.912. The maximum absolute atomic E-state index is 14.0. The average Bonchev–Trinajstić information content (AvgIpc) is 3.56. The number of aromatic nitrogens is 4. The molecule has 216 valence electrons. The van der Waals surface area contributed by atoms with Crippen molar-refractivity contribution in [3.63, 3.8) is 0 Å². The minimum Gasteiger partial charge on any atom is -0.448 e. The van der Waals surface area contributed by atoms with Crippen LogP contribution in [-0.4, -0.2) is 59.8 Å². The van der Waals surface area contributed by atoms with Gasteiger partial charge in [0, 0.05) is 29.2 Å². The molecule has 12 heteroatoms. The van der Waals surface area contributed by atoms with Gasteiger partial charge in [0.1, 0.15) is 23.7 Å². The molecule has 1 fully saturated rings. The lowest BCUT2D eigenvalue weighted by molar-refractivity contribution is -0.154. The first kappa shape index (κ1) is 28.4. The van der Waals surface area contributed by atoms with E-state index in [4.69, 9.17) is 4.74 Å². The summed E-state index contributed by atoms with van der Waals surface area (Å²) in [6.45, 7) is -0.0675. The van der Waals surface area contributed by atoms with E-state index in [-0.39, 0.29) is 24.1 Å². The molecule has 2 aromatic heterocycles. The summed E-state index contributed by atoms with van der Waals surface area (Å²) in [5.41, 5.74) is 2.46. The van der Waals surface area contributed by atoms with Gasteiger partial charge in [-0.3, -0.25) is 19.5 Å². The molecule has 2 aliphatic heterocycles. The first-order valence-corrected chi connectivity index (χ1v) is 15.4. The van der Waals surface area contributed by atoms with Crippen LogP contribution in [0.25, 0.3) is 0 Å². The lowest BCUT2D eigenvalue weighted by Crippen LogP contribution is -2.70. The molecule has 4 heterocycles. The van der Waals surface area contributed by atoms with Crippen molar-refractivity contribution < 1.29 is 19.1 Å². The number of amides is 2. The van der Waals surface area contributed by atoms with E-state index in [2.05, 4.69) is 20.6 Å². The molecule has 2 aromatic carbocycles. The predicted molar refractivity (Wildman–Crippen MR) is 162 cm³/mol. The fraction of sp³-hybridized carbons (Fsp3) is 0.161. The Bertz CT molecular complexity index is 1610. The summed E-state index contributed by atoms with van der Waals surface area (Å²) >= 11 is 2.96. The van der Waals surface area contributed by atoms with E-state index in [1.165, 1.54) is 39.3 Å². The van der Waals surface area contributed by atoms with Crippen molar-refractivity contribution >= 4 is 41.3 Å². The normalized spacial score (nSPS) is 18.0. The van der Waals surface area contributed by atoms with Gasteiger partial charge in [-0.2, -0.15) is 0 Å². The number of esters is 1. The second-order valence-corrected chi connectivity index (χ2v) is 11.7. The summed E-state index contributed by atoms with van der Waals surface area (Å²) < 4.78 is 7.57. The number of hydrogen-bond donors (Lipinski definition) is 1. The topological polar surface area (TPSA) is 119 Å². The number of ether oxygens (including phenoxy) is 1. The van der Waals surface area contributed by atoms with Crippen molar-refractivity contribution in [2.75, 3.05) is 5.75 Å². The van der Waals surface area contributed by atoms with Gasteiger partial charge >= 0.3 is 5.97 Å². The maximum Gasteiger partial charge on any atom is 0.356 e. The van der Waals surface area contributed by atoms with Crippen molar-refractivity contribution in [1.29, 1.82) is 0 Å². The van der Waals surface area contributed by atoms with E-state index in [0.717, 1.165) is 16.0 Å². The predicted octanol–water partition coefficient (Wildman–Crippen LogP) is 3.97. The van der Waals surface area contributed by atoms with Gasteiger partial charge in [0.2, 0.25) is 5.91 Å². The third-order valence-electron chi connectivity index (χ3n) is 6.84. The quantitative estimate of drug-likeness (QED) is 0.162. The standard InChI is InChI=1S/C31H26N6O4S2/c38-25(19-36-17-16-33-35-36)34-26-29(39)37-27(23(20-43-30(26)37)13-18-42-24-11-14-32-15-12-24)31(40)41-28(21-7-3-1-4-8-21)22-9-5-2-6-10-22/h1-18,26,28,30H,19-20H2,(H,34,38)/t26?,30-/m1/s1. The van der Waals surface area contributed by atoms with Crippen LogP contribution in [0.5, 0.6) is 0 Å². The summed E-state index contributed by atoms with van der Waals surface area (Å²) in [4.78, 5) is 46.7. The van der Waals surface area contributed by atoms with Gasteiger partial charge in [0.15, 0.2) is 6.10 Å². The number of hydrogen-bond acceptors (Lipinski definition) is 9. The van der Waals surface area contributed by atoms with Gasteiger partial charge in [0.25, 0.3) is 5.91 Å². The molecule has 0 saturated carbocycles. The van der Waals surface area contributed by atoms with Crippen molar-refractivity contribution in [1.82, 2.24) is 30.2 Å². The second kappa shape index (κ2) is 13.1. The smallest absolute Gasteiger partial charge is 0.356 e. The van der Waals surface area contributed by atoms with Crippen molar-refractivity contribution in [2.45, 2.75) is 29.0 Å². The highest BCUT2D eigenvalue weighted by Gasteiger charge is 2.54. The molecule has 0 radical (unpaired) electrons. The minimum atomic E-state index is -0.778. The Morgan fingerprint density at radius 1 is 1.02 bits per heavy atom. The van der Waals surface area contributed by atoms with Gasteiger partial charge in [-0.05, 0) is 40.3 Å². The number of carbonyl (C=O) groups is 3. The first-order chi connectivity index (χ1) is 21.1. The number of pyridine rings is 1. The molecule has 0 bridgehead atoms. The number of benzene rings is 2. The number of carbonyl (C=O) groups excluding carboxylic acids is 3. The average molecular weight is 611 g/mol. The molecule has 6 rings (SSSR count). The van der Waals surface area contributed by atoms with Crippen molar-refractivity contribution in [3.05, 3.63) is 131 Å². The molecular weight excluding hydrogens is 585 g/mol. The van der Waals surface area contributed by atoms with Crippen LogP contribution in [0.15, 0.2) is 125 Å². The van der Waals surface area contributed by atoms with E-state index in [1.807, 2.05) is 84.3 Å². The summed E-state index contributed by atoms with van der Waals surface area (Å²) in [5, 5.41) is 11.7. The van der Waals surface area contributed by atoms with Crippen LogP contribution >= 0.6 is 23.5 Å². The Morgan fingerprint density at radius 3 is 2.37 bits per heavy atom. The van der Waals surface area contributed by atoms with Gasteiger partial charge in [0.05, 0.1) is 6.20 Å². The molecule has 2 aliphatic rings. The molecule has 10 nitrogen and oxygen atoms in total. The third-order valence-corrected chi connectivity index (χ3v) is 8.96. The summed E-state index contributed by atoms with van der Waals surface area (Å²) in [7, 11) is 0. The van der Waals surface area contributed by atoms with Crippen LogP contribution in [0.1, 0.15) is 17.2 Å². The molecule has 0 aliphatic carbocycles. The summed E-state index contributed by atoms with van der Waals surface area (Å²) in [6, 6.07) is 22.0. The summed E-state index contributed by atoms with van der Waals surface area (Å²) in [6.07, 6.45) is 7.63. The molecule has 4 aromatic rings. The van der Waals surface area contributed by atoms with Crippen molar-refractivity contribution in [2.24, 2.45) is 0 Å². The zero-order chi connectivity index (χ0) is 29.6. The molecule has 1 N–H and O–H groups in total. The number of fused-ring (bicyclic) bond motifs is 1. The van der Waals surface area contributed by atoms with E-state index in [0.29, 0.717) is 11.3 Å². The van der Waals surface area contributed by atoms with Crippen LogP contribution in [0.3, 0.4) is 0 Å².